The van der Waals surface area contributed by atoms with E-state index in [1.807, 2.05) is 72.8 Å². The maximum Gasteiger partial charge on any atom is 0.261 e. The highest BCUT2D eigenvalue weighted by atomic mass is 32.2. The van der Waals surface area contributed by atoms with E-state index in [0.29, 0.717) is 49.1 Å². The van der Waals surface area contributed by atoms with Gasteiger partial charge in [-0.15, -0.1) is 0 Å². The molecule has 12 heteroatoms. The van der Waals surface area contributed by atoms with E-state index in [9.17, 15) is 18.0 Å². The second kappa shape index (κ2) is 14.7. The summed E-state index contributed by atoms with van der Waals surface area (Å²) in [5.74, 6) is 0.792. The third kappa shape index (κ3) is 7.74. The van der Waals surface area contributed by atoms with Gasteiger partial charge in [0.05, 0.1) is 18.1 Å². The fraction of sp³-hybridized carbons (Fsp3) is 0.257. The van der Waals surface area contributed by atoms with Crippen molar-refractivity contribution in [3.05, 3.63) is 120 Å². The van der Waals surface area contributed by atoms with E-state index in [2.05, 4.69) is 5.32 Å². The lowest BCUT2D eigenvalue weighted by atomic mass is 10.0. The minimum Gasteiger partial charge on any atom is -0.484 e. The first kappa shape index (κ1) is 32.0. The van der Waals surface area contributed by atoms with Crippen LogP contribution in [0.5, 0.6) is 17.2 Å². The van der Waals surface area contributed by atoms with Crippen LogP contribution in [0, 0.1) is 0 Å². The summed E-state index contributed by atoms with van der Waals surface area (Å²) >= 11 is 0. The molecule has 2 aliphatic rings. The molecular formula is C35H35N3O8S. The van der Waals surface area contributed by atoms with Gasteiger partial charge in [-0.25, -0.2) is 8.42 Å². The molecule has 1 fully saturated rings. The predicted octanol–water partition coefficient (Wildman–Crippen LogP) is 3.90. The minimum absolute atomic E-state index is 0.132. The van der Waals surface area contributed by atoms with Crippen LogP contribution in [0.25, 0.3) is 0 Å². The largest absolute Gasteiger partial charge is 0.484 e. The first-order chi connectivity index (χ1) is 22.9. The number of carbonyl (C=O) groups is 2. The van der Waals surface area contributed by atoms with Gasteiger partial charge in [-0.2, -0.15) is 4.31 Å². The molecule has 2 heterocycles. The van der Waals surface area contributed by atoms with Gasteiger partial charge in [-0.1, -0.05) is 66.7 Å². The van der Waals surface area contributed by atoms with E-state index < -0.39 is 22.0 Å². The molecule has 1 saturated heterocycles. The van der Waals surface area contributed by atoms with Gasteiger partial charge < -0.3 is 29.2 Å². The standard InChI is InChI=1S/C35H35N3O8S/c39-33(24-44-29-12-14-30(15-13-29)47(41,42)37-17-19-43-20-18-37)38(23-26-7-3-1-4-8-26)34(28-9-5-2-6-10-28)35(40)36-22-27-11-16-31-32(21-27)46-25-45-31/h1-16,21,34H,17-20,22-25H2,(H,36,40)/t34-/m0/s1. The van der Waals surface area contributed by atoms with Crippen molar-refractivity contribution in [1.82, 2.24) is 14.5 Å². The number of amides is 2. The van der Waals surface area contributed by atoms with Crippen LogP contribution in [0.3, 0.4) is 0 Å². The number of morpholine rings is 1. The first-order valence-corrected chi connectivity index (χ1v) is 16.7. The Morgan fingerprint density at radius 3 is 2.23 bits per heavy atom. The lowest BCUT2D eigenvalue weighted by molar-refractivity contribution is -0.143. The van der Waals surface area contributed by atoms with E-state index in [-0.39, 0.29) is 37.3 Å². The average Bonchev–Trinajstić information content (AvgIpc) is 3.59. The van der Waals surface area contributed by atoms with Gasteiger partial charge >= 0.3 is 0 Å². The lowest BCUT2D eigenvalue weighted by Crippen LogP contribution is -2.45. The lowest BCUT2D eigenvalue weighted by Gasteiger charge is -2.31. The Morgan fingerprint density at radius 2 is 1.51 bits per heavy atom. The van der Waals surface area contributed by atoms with E-state index in [0.717, 1.165) is 11.1 Å². The van der Waals surface area contributed by atoms with Gasteiger partial charge in [0, 0.05) is 26.2 Å². The number of hydrogen-bond acceptors (Lipinski definition) is 8. The van der Waals surface area contributed by atoms with Crippen molar-refractivity contribution in [3.8, 4) is 17.2 Å². The molecular weight excluding hydrogens is 622 g/mol. The van der Waals surface area contributed by atoms with Gasteiger partial charge in [0.2, 0.25) is 22.7 Å². The van der Waals surface area contributed by atoms with E-state index >= 15 is 0 Å². The number of nitrogens with one attached hydrogen (secondary N) is 1. The van der Waals surface area contributed by atoms with Crippen molar-refractivity contribution >= 4 is 21.8 Å². The molecule has 0 unspecified atom stereocenters. The summed E-state index contributed by atoms with van der Waals surface area (Å²) < 4.78 is 49.4. The Kier molecular flexibility index (Phi) is 10.0. The molecule has 1 N–H and O–H groups in total. The quantitative estimate of drug-likeness (QED) is 0.244. The van der Waals surface area contributed by atoms with Crippen LogP contribution in [0.1, 0.15) is 22.7 Å². The Morgan fingerprint density at radius 1 is 0.830 bits per heavy atom. The Balaban J connectivity index is 1.20. The number of carbonyl (C=O) groups excluding carboxylic acids is 2. The Hall–Kier alpha value is -4.91. The van der Waals surface area contributed by atoms with Crippen molar-refractivity contribution < 1.29 is 37.0 Å². The first-order valence-electron chi connectivity index (χ1n) is 15.2. The van der Waals surface area contributed by atoms with Crippen LogP contribution < -0.4 is 19.5 Å². The predicted molar refractivity (Wildman–Crippen MR) is 172 cm³/mol. The molecule has 11 nitrogen and oxygen atoms in total. The molecule has 0 bridgehead atoms. The number of ether oxygens (including phenoxy) is 4. The molecule has 0 spiro atoms. The maximum atomic E-state index is 14.0. The van der Waals surface area contributed by atoms with Gasteiger partial charge in [0.25, 0.3) is 5.91 Å². The van der Waals surface area contributed by atoms with E-state index in [1.54, 1.807) is 6.07 Å². The third-order valence-corrected chi connectivity index (χ3v) is 9.80. The molecule has 244 valence electrons. The monoisotopic (exact) mass is 657 g/mol. The summed E-state index contributed by atoms with van der Waals surface area (Å²) in [5, 5.41) is 2.99. The maximum absolute atomic E-state index is 14.0. The summed E-state index contributed by atoms with van der Waals surface area (Å²) in [7, 11) is -3.67. The van der Waals surface area contributed by atoms with Crippen molar-refractivity contribution in [2.75, 3.05) is 39.7 Å². The Bertz CT molecular complexity index is 1780. The number of benzene rings is 4. The van der Waals surface area contributed by atoms with Gasteiger partial charge in [0.1, 0.15) is 11.8 Å². The number of hydrogen-bond donors (Lipinski definition) is 1. The summed E-state index contributed by atoms with van der Waals surface area (Å²) in [6.45, 7) is 1.42. The summed E-state index contributed by atoms with van der Waals surface area (Å²) in [4.78, 5) is 29.5. The number of sulfonamides is 1. The van der Waals surface area contributed by atoms with Crippen molar-refractivity contribution in [2.45, 2.75) is 24.0 Å². The molecule has 2 aliphatic heterocycles. The number of nitrogens with zero attached hydrogens (tertiary/aromatic N) is 2. The molecule has 0 saturated carbocycles. The summed E-state index contributed by atoms with van der Waals surface area (Å²) in [6, 6.07) is 29.0. The van der Waals surface area contributed by atoms with Crippen LogP contribution in [0.15, 0.2) is 108 Å². The molecule has 4 aromatic rings. The normalized spacial score (nSPS) is 15.1. The fourth-order valence-corrected chi connectivity index (χ4v) is 6.83. The van der Waals surface area contributed by atoms with Gasteiger partial charge in [-0.05, 0) is 53.1 Å². The molecule has 0 radical (unpaired) electrons. The van der Waals surface area contributed by atoms with E-state index in [4.69, 9.17) is 18.9 Å². The van der Waals surface area contributed by atoms with E-state index in [1.165, 1.54) is 33.5 Å². The molecule has 6 rings (SSSR count). The molecule has 47 heavy (non-hydrogen) atoms. The van der Waals surface area contributed by atoms with Crippen LogP contribution in [-0.4, -0.2) is 69.1 Å². The molecule has 4 aromatic carbocycles. The van der Waals surface area contributed by atoms with Gasteiger partial charge in [0.15, 0.2) is 18.1 Å². The summed E-state index contributed by atoms with van der Waals surface area (Å²) in [5.41, 5.74) is 2.29. The van der Waals surface area contributed by atoms with Crippen molar-refractivity contribution in [3.63, 3.8) is 0 Å². The second-order valence-corrected chi connectivity index (χ2v) is 12.9. The average molecular weight is 658 g/mol. The second-order valence-electron chi connectivity index (χ2n) is 11.0. The SMILES string of the molecule is O=C(NCc1ccc2c(c1)OCO2)[C@H](c1ccccc1)N(Cc1ccccc1)C(=O)COc1ccc(S(=O)(=O)N2CCOCC2)cc1. The highest BCUT2D eigenvalue weighted by Crippen LogP contribution is 2.32. The molecule has 0 aromatic heterocycles. The number of fused-ring (bicyclic) bond motifs is 1. The third-order valence-electron chi connectivity index (χ3n) is 7.89. The fourth-order valence-electron chi connectivity index (χ4n) is 5.42. The summed E-state index contributed by atoms with van der Waals surface area (Å²) in [6.07, 6.45) is 0. The number of rotatable bonds is 12. The minimum atomic E-state index is -3.67. The zero-order valence-electron chi connectivity index (χ0n) is 25.6. The van der Waals surface area contributed by atoms with Crippen molar-refractivity contribution in [2.24, 2.45) is 0 Å². The molecule has 2 amide bonds. The highest BCUT2D eigenvalue weighted by Gasteiger charge is 2.32. The smallest absolute Gasteiger partial charge is 0.261 e. The topological polar surface area (TPSA) is 124 Å². The Labute approximate surface area is 273 Å². The zero-order chi connectivity index (χ0) is 32.6. The molecule has 0 aliphatic carbocycles. The zero-order valence-corrected chi connectivity index (χ0v) is 26.4. The van der Waals surface area contributed by atoms with Crippen LogP contribution in [0.4, 0.5) is 0 Å². The van der Waals surface area contributed by atoms with Gasteiger partial charge in [-0.3, -0.25) is 9.59 Å². The van der Waals surface area contributed by atoms with Crippen LogP contribution >= 0.6 is 0 Å². The van der Waals surface area contributed by atoms with Crippen LogP contribution in [-0.2, 0) is 37.4 Å². The highest BCUT2D eigenvalue weighted by molar-refractivity contribution is 7.89. The molecule has 1 atom stereocenters. The van der Waals surface area contributed by atoms with Crippen molar-refractivity contribution in [1.29, 1.82) is 0 Å². The van der Waals surface area contributed by atoms with Crippen LogP contribution in [0.2, 0.25) is 0 Å².